The first-order valence-electron chi connectivity index (χ1n) is 10.5. The highest BCUT2D eigenvalue weighted by molar-refractivity contribution is 9.10. The fourth-order valence-corrected chi connectivity index (χ4v) is 4.00. The molecule has 0 spiro atoms. The van der Waals surface area contributed by atoms with E-state index < -0.39 is 11.6 Å². The fourth-order valence-electron chi connectivity index (χ4n) is 3.54. The number of ether oxygens (including phenoxy) is 1. The highest BCUT2D eigenvalue weighted by Crippen LogP contribution is 2.31. The summed E-state index contributed by atoms with van der Waals surface area (Å²) in [5.74, 6) is -0.983. The lowest BCUT2D eigenvalue weighted by Gasteiger charge is -2.22. The maximum Gasteiger partial charge on any atom is 0.335 e. The Labute approximate surface area is 194 Å². The number of halogens is 1. The van der Waals surface area contributed by atoms with Crippen LogP contribution in [0.25, 0.3) is 27.8 Å². The molecule has 7 nitrogen and oxygen atoms in total. The van der Waals surface area contributed by atoms with E-state index in [1.165, 1.54) is 0 Å². The highest BCUT2D eigenvalue weighted by Gasteiger charge is 2.32. The van der Waals surface area contributed by atoms with Crippen LogP contribution in [-0.4, -0.2) is 36.2 Å². The monoisotopic (exact) mass is 496 g/mol. The average Bonchev–Trinajstić information content (AvgIpc) is 3.41. The first kappa shape index (κ1) is 22.2. The van der Waals surface area contributed by atoms with Gasteiger partial charge in [0.1, 0.15) is 0 Å². The van der Waals surface area contributed by atoms with E-state index in [-0.39, 0.29) is 6.61 Å². The fraction of sp³-hybridized carbons (Fsp3) is 0.292. The van der Waals surface area contributed by atoms with Crippen LogP contribution in [0.5, 0.6) is 0 Å². The third-order valence-corrected chi connectivity index (χ3v) is 6.42. The van der Waals surface area contributed by atoms with Gasteiger partial charge in [-0.3, -0.25) is 4.68 Å². The molecule has 166 valence electrons. The maximum absolute atomic E-state index is 11.6. The lowest BCUT2D eigenvalue weighted by Crippen LogP contribution is -2.37. The Kier molecular flexibility index (Phi) is 6.17. The number of hydrogen-bond acceptors (Lipinski definition) is 4. The molecule has 0 radical (unpaired) electrons. The number of aliphatic carboxylic acids is 1. The summed E-state index contributed by atoms with van der Waals surface area (Å²) in [6.07, 6.45) is 2.22. The molecule has 2 aromatic heterocycles. The summed E-state index contributed by atoms with van der Waals surface area (Å²) in [7, 11) is 0. The summed E-state index contributed by atoms with van der Waals surface area (Å²) in [5, 5.41) is 19.8. The van der Waals surface area contributed by atoms with Crippen LogP contribution in [-0.2, 0) is 22.7 Å². The molecule has 2 aromatic carbocycles. The van der Waals surface area contributed by atoms with E-state index in [0.29, 0.717) is 12.1 Å². The second-order valence-corrected chi connectivity index (χ2v) is 8.65. The van der Waals surface area contributed by atoms with E-state index in [9.17, 15) is 9.90 Å². The van der Waals surface area contributed by atoms with Crippen LogP contribution < -0.4 is 0 Å². The summed E-state index contributed by atoms with van der Waals surface area (Å²) in [6, 6.07) is 16.0. The summed E-state index contributed by atoms with van der Waals surface area (Å²) < 4.78 is 10.5. The molecule has 2 heterocycles. The zero-order valence-corrected chi connectivity index (χ0v) is 19.8. The smallest absolute Gasteiger partial charge is 0.335 e. The van der Waals surface area contributed by atoms with Crippen LogP contribution >= 0.6 is 15.9 Å². The Bertz CT molecular complexity index is 1280. The number of aromatic nitrogens is 4. The Hall–Kier alpha value is -2.97. The number of rotatable bonds is 8. The Morgan fingerprint density at radius 1 is 1.19 bits per heavy atom. The van der Waals surface area contributed by atoms with Crippen molar-refractivity contribution in [1.82, 2.24) is 19.6 Å². The van der Waals surface area contributed by atoms with Crippen molar-refractivity contribution in [2.24, 2.45) is 0 Å². The van der Waals surface area contributed by atoms with Crippen LogP contribution in [0.15, 0.2) is 59.2 Å². The Morgan fingerprint density at radius 2 is 1.97 bits per heavy atom. The lowest BCUT2D eigenvalue weighted by molar-refractivity contribution is -0.165. The molecule has 32 heavy (non-hydrogen) atoms. The van der Waals surface area contributed by atoms with E-state index in [2.05, 4.69) is 40.1 Å². The highest BCUT2D eigenvalue weighted by atomic mass is 79.9. The molecule has 0 bridgehead atoms. The number of benzene rings is 2. The van der Waals surface area contributed by atoms with Gasteiger partial charge in [0.2, 0.25) is 0 Å². The molecule has 1 N–H and O–H groups in total. The standard InChI is InChI=1S/C24H25BrN4O3/c1-4-24(3,23(30)31)32-15-18-13-22(29(27-18)20-9-7-6-8-19(20)25)16-10-11-17-14-26-28(5-2)21(17)12-16/h6-14H,4-5,15H2,1-3H3,(H,30,31). The average molecular weight is 497 g/mol. The van der Waals surface area contributed by atoms with E-state index in [1.807, 2.05) is 52.0 Å². The van der Waals surface area contributed by atoms with Crippen molar-refractivity contribution in [3.05, 3.63) is 64.9 Å². The van der Waals surface area contributed by atoms with E-state index >= 15 is 0 Å². The first-order valence-corrected chi connectivity index (χ1v) is 11.3. The van der Waals surface area contributed by atoms with Gasteiger partial charge in [0.05, 0.1) is 35.4 Å². The topological polar surface area (TPSA) is 82.2 Å². The first-order chi connectivity index (χ1) is 15.4. The Balaban J connectivity index is 1.80. The van der Waals surface area contributed by atoms with Crippen molar-refractivity contribution in [2.45, 2.75) is 45.9 Å². The second kappa shape index (κ2) is 8.88. The molecule has 0 fully saturated rings. The molecule has 1 atom stereocenters. The van der Waals surface area contributed by atoms with Gasteiger partial charge in [0.15, 0.2) is 5.60 Å². The number of para-hydroxylation sites is 1. The minimum Gasteiger partial charge on any atom is -0.479 e. The van der Waals surface area contributed by atoms with Gasteiger partial charge in [-0.25, -0.2) is 9.48 Å². The summed E-state index contributed by atoms with van der Waals surface area (Å²) in [5.41, 5.74) is 3.19. The van der Waals surface area contributed by atoms with Gasteiger partial charge < -0.3 is 9.84 Å². The molecule has 1 unspecified atom stereocenters. The molecule has 8 heteroatoms. The van der Waals surface area contributed by atoms with Crippen LogP contribution in [0.3, 0.4) is 0 Å². The molecule has 0 saturated carbocycles. The minimum atomic E-state index is -1.26. The van der Waals surface area contributed by atoms with Crippen molar-refractivity contribution in [3.63, 3.8) is 0 Å². The number of carbonyl (C=O) groups is 1. The lowest BCUT2D eigenvalue weighted by atomic mass is 10.0. The summed E-state index contributed by atoms with van der Waals surface area (Å²) in [6.45, 7) is 6.32. The molecule has 4 rings (SSSR count). The van der Waals surface area contributed by atoms with Gasteiger partial charge in [0, 0.05) is 22.0 Å². The van der Waals surface area contributed by atoms with Crippen molar-refractivity contribution < 1.29 is 14.6 Å². The maximum atomic E-state index is 11.6. The third kappa shape index (κ3) is 4.08. The minimum absolute atomic E-state index is 0.0935. The van der Waals surface area contributed by atoms with E-state index in [1.54, 1.807) is 13.8 Å². The van der Waals surface area contributed by atoms with Gasteiger partial charge in [-0.2, -0.15) is 10.2 Å². The predicted octanol–water partition coefficient (Wildman–Crippen LogP) is 5.44. The number of carboxylic acids is 1. The molecule has 0 saturated heterocycles. The largest absolute Gasteiger partial charge is 0.479 e. The SMILES string of the molecule is CCn1ncc2ccc(-c3cc(COC(C)(CC)C(=O)O)nn3-c3ccccc3Br)cc21. The quantitative estimate of drug-likeness (QED) is 0.351. The molecule has 0 amide bonds. The number of nitrogens with zero attached hydrogens (tertiary/aromatic N) is 4. The summed E-state index contributed by atoms with van der Waals surface area (Å²) in [4.78, 5) is 11.6. The molecule has 0 aliphatic carbocycles. The van der Waals surface area contributed by atoms with Gasteiger partial charge in [-0.05, 0) is 60.5 Å². The van der Waals surface area contributed by atoms with Crippen molar-refractivity contribution in [3.8, 4) is 16.9 Å². The zero-order chi connectivity index (χ0) is 22.9. The Morgan fingerprint density at radius 3 is 2.66 bits per heavy atom. The van der Waals surface area contributed by atoms with Crippen LogP contribution in [0.1, 0.15) is 32.9 Å². The van der Waals surface area contributed by atoms with Crippen LogP contribution in [0.2, 0.25) is 0 Å². The molecule has 0 aliphatic rings. The number of hydrogen-bond donors (Lipinski definition) is 1. The number of aryl methyl sites for hydroxylation is 1. The van der Waals surface area contributed by atoms with Crippen molar-refractivity contribution in [2.75, 3.05) is 0 Å². The van der Waals surface area contributed by atoms with Gasteiger partial charge >= 0.3 is 5.97 Å². The third-order valence-electron chi connectivity index (χ3n) is 5.75. The molecular weight excluding hydrogens is 472 g/mol. The normalized spacial score (nSPS) is 13.4. The van der Waals surface area contributed by atoms with Crippen LogP contribution in [0.4, 0.5) is 0 Å². The van der Waals surface area contributed by atoms with Crippen LogP contribution in [0, 0.1) is 0 Å². The van der Waals surface area contributed by atoms with Gasteiger partial charge in [-0.15, -0.1) is 0 Å². The summed E-state index contributed by atoms with van der Waals surface area (Å²) >= 11 is 3.62. The van der Waals surface area contributed by atoms with Crippen molar-refractivity contribution >= 4 is 32.8 Å². The zero-order valence-electron chi connectivity index (χ0n) is 18.2. The van der Waals surface area contributed by atoms with Crippen molar-refractivity contribution in [1.29, 1.82) is 0 Å². The predicted molar refractivity (Wildman–Crippen MR) is 127 cm³/mol. The second-order valence-electron chi connectivity index (χ2n) is 7.80. The molecule has 0 aliphatic heterocycles. The number of fused-ring (bicyclic) bond motifs is 1. The van der Waals surface area contributed by atoms with E-state index in [4.69, 9.17) is 9.84 Å². The molecule has 4 aromatic rings. The number of carboxylic acid groups (broad SMARTS) is 1. The van der Waals surface area contributed by atoms with E-state index in [0.717, 1.165) is 38.9 Å². The molecular formula is C24H25BrN4O3. The van der Waals surface area contributed by atoms with Gasteiger partial charge in [0.25, 0.3) is 0 Å². The van der Waals surface area contributed by atoms with Gasteiger partial charge in [-0.1, -0.05) is 31.2 Å².